The summed E-state index contributed by atoms with van der Waals surface area (Å²) in [5.74, 6) is 0.886. The Hall–Kier alpha value is -0.570. The van der Waals surface area contributed by atoms with Crippen molar-refractivity contribution in [3.63, 3.8) is 0 Å². The molecule has 2 saturated heterocycles. The van der Waals surface area contributed by atoms with Crippen molar-refractivity contribution in [2.24, 2.45) is 11.3 Å². The molecular formula is C15H28N2O. The van der Waals surface area contributed by atoms with Crippen molar-refractivity contribution in [2.75, 3.05) is 19.6 Å². The third kappa shape index (κ3) is 2.56. The fourth-order valence-electron chi connectivity index (χ4n) is 3.54. The zero-order valence-electron chi connectivity index (χ0n) is 12.2. The summed E-state index contributed by atoms with van der Waals surface area (Å²) in [6, 6.07) is 0.494. The van der Waals surface area contributed by atoms with Crippen molar-refractivity contribution < 1.29 is 4.79 Å². The zero-order valence-corrected chi connectivity index (χ0v) is 12.2. The fourth-order valence-corrected chi connectivity index (χ4v) is 3.54. The van der Waals surface area contributed by atoms with Crippen LogP contribution < -0.4 is 5.32 Å². The summed E-state index contributed by atoms with van der Waals surface area (Å²) in [6.07, 6.45) is 5.88. The molecule has 2 aliphatic heterocycles. The maximum atomic E-state index is 12.8. The summed E-state index contributed by atoms with van der Waals surface area (Å²) in [7, 11) is 0. The first kappa shape index (κ1) is 13.9. The highest BCUT2D eigenvalue weighted by Crippen LogP contribution is 2.36. The molecular weight excluding hydrogens is 224 g/mol. The minimum Gasteiger partial charge on any atom is -0.339 e. The summed E-state index contributed by atoms with van der Waals surface area (Å²) in [5, 5.41) is 3.44. The molecule has 0 aromatic rings. The number of carbonyl (C=O) groups excluding carboxylic acids is 1. The predicted molar refractivity (Wildman–Crippen MR) is 74.4 cm³/mol. The Morgan fingerprint density at radius 1 is 1.33 bits per heavy atom. The van der Waals surface area contributed by atoms with Crippen LogP contribution in [-0.4, -0.2) is 36.5 Å². The second-order valence-electron chi connectivity index (χ2n) is 6.47. The fraction of sp³-hybridized carbons (Fsp3) is 0.933. The molecule has 0 bridgehead atoms. The number of nitrogens with one attached hydrogen (secondary N) is 1. The average molecular weight is 252 g/mol. The lowest BCUT2D eigenvalue weighted by atomic mass is 9.74. The predicted octanol–water partition coefficient (Wildman–Crippen LogP) is 2.41. The minimum atomic E-state index is -0.203. The van der Waals surface area contributed by atoms with E-state index >= 15 is 0 Å². The van der Waals surface area contributed by atoms with E-state index in [0.717, 1.165) is 26.1 Å². The Kier molecular flexibility index (Phi) is 4.31. The number of carbonyl (C=O) groups is 1. The Bertz CT molecular complexity index is 295. The maximum absolute atomic E-state index is 12.8. The molecule has 2 heterocycles. The molecule has 2 fully saturated rings. The van der Waals surface area contributed by atoms with Gasteiger partial charge in [-0.05, 0) is 51.1 Å². The first-order chi connectivity index (χ1) is 8.57. The van der Waals surface area contributed by atoms with Gasteiger partial charge in [0.25, 0.3) is 0 Å². The Morgan fingerprint density at radius 3 is 2.72 bits per heavy atom. The van der Waals surface area contributed by atoms with Crippen LogP contribution in [0.2, 0.25) is 0 Å². The first-order valence-electron chi connectivity index (χ1n) is 7.59. The van der Waals surface area contributed by atoms with E-state index in [9.17, 15) is 4.79 Å². The molecule has 3 nitrogen and oxygen atoms in total. The van der Waals surface area contributed by atoms with E-state index in [-0.39, 0.29) is 5.41 Å². The van der Waals surface area contributed by atoms with Gasteiger partial charge >= 0.3 is 0 Å². The van der Waals surface area contributed by atoms with E-state index < -0.39 is 0 Å². The highest BCUT2D eigenvalue weighted by atomic mass is 16.2. The first-order valence-corrected chi connectivity index (χ1v) is 7.59. The number of hydrogen-bond acceptors (Lipinski definition) is 2. The molecule has 1 amide bonds. The standard InChI is InChI=1S/C15H28N2O/c1-4-13-8-6-10-17(13)14(18)15(2,3)12-7-5-9-16-11-12/h12-13,16H,4-11H2,1-3H3. The van der Waals surface area contributed by atoms with Gasteiger partial charge in [-0.15, -0.1) is 0 Å². The topological polar surface area (TPSA) is 32.3 Å². The normalized spacial score (nSPS) is 29.6. The molecule has 2 unspecified atom stereocenters. The van der Waals surface area contributed by atoms with Crippen LogP contribution in [-0.2, 0) is 4.79 Å². The maximum Gasteiger partial charge on any atom is 0.228 e. The van der Waals surface area contributed by atoms with E-state index in [1.165, 1.54) is 25.7 Å². The number of amides is 1. The number of nitrogens with zero attached hydrogens (tertiary/aromatic N) is 1. The van der Waals surface area contributed by atoms with Gasteiger partial charge in [-0.1, -0.05) is 20.8 Å². The molecule has 0 aromatic carbocycles. The Morgan fingerprint density at radius 2 is 2.11 bits per heavy atom. The summed E-state index contributed by atoms with van der Waals surface area (Å²) in [4.78, 5) is 15.0. The molecule has 0 aromatic heterocycles. The van der Waals surface area contributed by atoms with Gasteiger partial charge in [0, 0.05) is 18.0 Å². The highest BCUT2D eigenvalue weighted by molar-refractivity contribution is 5.83. The van der Waals surface area contributed by atoms with Crippen molar-refractivity contribution in [1.82, 2.24) is 10.2 Å². The van der Waals surface area contributed by atoms with Crippen molar-refractivity contribution >= 4 is 5.91 Å². The van der Waals surface area contributed by atoms with Crippen LogP contribution in [0.25, 0.3) is 0 Å². The Labute approximate surface area is 111 Å². The average Bonchev–Trinajstić information content (AvgIpc) is 2.87. The van der Waals surface area contributed by atoms with Crippen LogP contribution in [0.15, 0.2) is 0 Å². The summed E-state index contributed by atoms with van der Waals surface area (Å²) < 4.78 is 0. The smallest absolute Gasteiger partial charge is 0.228 e. The lowest BCUT2D eigenvalue weighted by Crippen LogP contribution is -2.50. The van der Waals surface area contributed by atoms with E-state index in [2.05, 4.69) is 31.0 Å². The zero-order chi connectivity index (χ0) is 13.2. The Balaban J connectivity index is 2.05. The van der Waals surface area contributed by atoms with Gasteiger partial charge in [0.1, 0.15) is 0 Å². The SMILES string of the molecule is CCC1CCCN1C(=O)C(C)(C)C1CCCNC1. The number of hydrogen-bond donors (Lipinski definition) is 1. The summed E-state index contributed by atoms with van der Waals surface area (Å²) >= 11 is 0. The monoisotopic (exact) mass is 252 g/mol. The highest BCUT2D eigenvalue weighted by Gasteiger charge is 2.42. The van der Waals surface area contributed by atoms with E-state index in [4.69, 9.17) is 0 Å². The minimum absolute atomic E-state index is 0.203. The van der Waals surface area contributed by atoms with Crippen molar-refractivity contribution in [3.05, 3.63) is 0 Å². The van der Waals surface area contributed by atoms with Gasteiger partial charge in [-0.2, -0.15) is 0 Å². The van der Waals surface area contributed by atoms with E-state index in [0.29, 0.717) is 17.9 Å². The summed E-state index contributed by atoms with van der Waals surface area (Å²) in [6.45, 7) is 9.59. The second-order valence-corrected chi connectivity index (χ2v) is 6.47. The molecule has 104 valence electrons. The molecule has 18 heavy (non-hydrogen) atoms. The van der Waals surface area contributed by atoms with Crippen LogP contribution in [0.1, 0.15) is 52.9 Å². The molecule has 2 aliphatic rings. The van der Waals surface area contributed by atoms with Gasteiger partial charge in [-0.3, -0.25) is 4.79 Å². The van der Waals surface area contributed by atoms with E-state index in [1.54, 1.807) is 0 Å². The van der Waals surface area contributed by atoms with Crippen molar-refractivity contribution in [3.8, 4) is 0 Å². The van der Waals surface area contributed by atoms with Crippen LogP contribution in [0, 0.1) is 11.3 Å². The summed E-state index contributed by atoms with van der Waals surface area (Å²) in [5.41, 5.74) is -0.203. The molecule has 0 saturated carbocycles. The number of rotatable bonds is 3. The quantitative estimate of drug-likeness (QED) is 0.836. The van der Waals surface area contributed by atoms with Crippen molar-refractivity contribution in [2.45, 2.75) is 58.9 Å². The van der Waals surface area contributed by atoms with Gasteiger partial charge in [0.2, 0.25) is 5.91 Å². The third-order valence-corrected chi connectivity index (χ3v) is 4.98. The molecule has 1 N–H and O–H groups in total. The van der Waals surface area contributed by atoms with Crippen LogP contribution in [0.3, 0.4) is 0 Å². The molecule has 2 atom stereocenters. The molecule has 0 spiro atoms. The largest absolute Gasteiger partial charge is 0.339 e. The number of piperidine rings is 1. The number of likely N-dealkylation sites (tertiary alicyclic amines) is 1. The second kappa shape index (κ2) is 5.60. The van der Waals surface area contributed by atoms with Crippen molar-refractivity contribution in [1.29, 1.82) is 0 Å². The molecule has 2 rings (SSSR count). The lowest BCUT2D eigenvalue weighted by molar-refractivity contribution is -0.144. The van der Waals surface area contributed by atoms with Crippen LogP contribution in [0.4, 0.5) is 0 Å². The third-order valence-electron chi connectivity index (χ3n) is 4.98. The van der Waals surface area contributed by atoms with Gasteiger partial charge in [0.15, 0.2) is 0 Å². The molecule has 0 aliphatic carbocycles. The van der Waals surface area contributed by atoms with E-state index in [1.807, 2.05) is 0 Å². The van der Waals surface area contributed by atoms with Gasteiger partial charge < -0.3 is 10.2 Å². The van der Waals surface area contributed by atoms with Gasteiger partial charge in [-0.25, -0.2) is 0 Å². The molecule has 0 radical (unpaired) electrons. The van der Waals surface area contributed by atoms with Gasteiger partial charge in [0.05, 0.1) is 0 Å². The molecule has 3 heteroatoms. The van der Waals surface area contributed by atoms with Crippen LogP contribution in [0.5, 0.6) is 0 Å². The van der Waals surface area contributed by atoms with Crippen LogP contribution >= 0.6 is 0 Å². The lowest BCUT2D eigenvalue weighted by Gasteiger charge is -2.40.